The molecule has 29 heavy (non-hydrogen) atoms. The highest BCUT2D eigenvalue weighted by molar-refractivity contribution is 9.08. The highest BCUT2D eigenvalue weighted by Crippen LogP contribution is 2.40. The van der Waals surface area contributed by atoms with Crippen molar-refractivity contribution in [3.8, 4) is 16.9 Å². The molecule has 3 aromatic rings. The summed E-state index contributed by atoms with van der Waals surface area (Å²) in [6.07, 6.45) is 0.513. The van der Waals surface area contributed by atoms with Gasteiger partial charge >= 0.3 is 0 Å². The average molecular weight is 494 g/mol. The van der Waals surface area contributed by atoms with E-state index in [9.17, 15) is 9.18 Å². The van der Waals surface area contributed by atoms with Crippen LogP contribution in [-0.2, 0) is 11.8 Å². The maximum Gasteiger partial charge on any atom is 0.173 e. The summed E-state index contributed by atoms with van der Waals surface area (Å²) in [4.78, 5) is 13.3. The molecule has 6 heteroatoms. The van der Waals surface area contributed by atoms with E-state index in [4.69, 9.17) is 27.9 Å². The van der Waals surface area contributed by atoms with Crippen LogP contribution in [0.3, 0.4) is 0 Å². The number of Topliss-reactive ketones (excluding diaryl/α,β-unsaturated/α-hetero) is 1. The minimum Gasteiger partial charge on any atom is -0.491 e. The Morgan fingerprint density at radius 3 is 2.38 bits per heavy atom. The lowest BCUT2D eigenvalue weighted by Gasteiger charge is -2.27. The summed E-state index contributed by atoms with van der Waals surface area (Å²) in [5.74, 6) is -0.0375. The molecule has 0 saturated carbocycles. The first kappa shape index (κ1) is 20.4. The topological polar surface area (TPSA) is 26.3 Å². The lowest BCUT2D eigenvalue weighted by atomic mass is 9.86. The number of alkyl halides is 1. The molecule has 1 heterocycles. The zero-order valence-corrected chi connectivity index (χ0v) is 18.3. The van der Waals surface area contributed by atoms with E-state index in [-0.39, 0.29) is 24.1 Å². The summed E-state index contributed by atoms with van der Waals surface area (Å²) in [5.41, 5.74) is 4.03. The van der Waals surface area contributed by atoms with Crippen LogP contribution in [0.4, 0.5) is 4.39 Å². The summed E-state index contributed by atoms with van der Waals surface area (Å²) in [7, 11) is 0. The van der Waals surface area contributed by atoms with Crippen molar-refractivity contribution in [2.24, 2.45) is 5.92 Å². The smallest absolute Gasteiger partial charge is 0.173 e. The third kappa shape index (κ3) is 4.20. The van der Waals surface area contributed by atoms with Gasteiger partial charge in [-0.05, 0) is 59.5 Å². The summed E-state index contributed by atoms with van der Waals surface area (Å²) in [5, 5.41) is 1.55. The van der Waals surface area contributed by atoms with Crippen molar-refractivity contribution in [1.29, 1.82) is 0 Å². The van der Waals surface area contributed by atoms with Crippen LogP contribution >= 0.6 is 39.1 Å². The Hall–Kier alpha value is -1.88. The van der Waals surface area contributed by atoms with E-state index < -0.39 is 0 Å². The van der Waals surface area contributed by atoms with Crippen LogP contribution in [-0.4, -0.2) is 12.4 Å². The molecule has 1 atom stereocenters. The van der Waals surface area contributed by atoms with Gasteiger partial charge in [0, 0.05) is 10.9 Å². The SMILES string of the molecule is O=C1c2cc(CBr)cc(-c3ccc(F)cc3)c2OCC1Cc1ccc(Cl)c(Cl)c1. The van der Waals surface area contributed by atoms with Gasteiger partial charge in [-0.25, -0.2) is 4.39 Å². The van der Waals surface area contributed by atoms with Gasteiger partial charge in [-0.2, -0.15) is 0 Å². The van der Waals surface area contributed by atoms with Gasteiger partial charge in [-0.1, -0.05) is 57.3 Å². The predicted octanol–water partition coefficient (Wildman–Crippen LogP) is 7.13. The quantitative estimate of drug-likeness (QED) is 0.361. The second kappa shape index (κ2) is 8.47. The van der Waals surface area contributed by atoms with Gasteiger partial charge in [0.2, 0.25) is 0 Å². The molecule has 0 aliphatic carbocycles. The molecular weight excluding hydrogens is 478 g/mol. The molecule has 0 amide bonds. The fraction of sp³-hybridized carbons (Fsp3) is 0.174. The minimum atomic E-state index is -0.314. The van der Waals surface area contributed by atoms with Crippen molar-refractivity contribution in [1.82, 2.24) is 0 Å². The number of ketones is 1. The van der Waals surface area contributed by atoms with Crippen LogP contribution in [0, 0.1) is 11.7 Å². The van der Waals surface area contributed by atoms with Crippen LogP contribution in [0.25, 0.3) is 11.1 Å². The molecule has 4 rings (SSSR count). The third-order valence-electron chi connectivity index (χ3n) is 4.99. The Labute approximate surface area is 186 Å². The second-order valence-corrected chi connectivity index (χ2v) is 8.36. The minimum absolute atomic E-state index is 0.0310. The molecule has 1 unspecified atom stereocenters. The van der Waals surface area contributed by atoms with E-state index in [1.807, 2.05) is 18.2 Å². The Balaban J connectivity index is 1.70. The maximum absolute atomic E-state index is 13.4. The average Bonchev–Trinajstić information content (AvgIpc) is 2.73. The zero-order valence-electron chi connectivity index (χ0n) is 15.2. The van der Waals surface area contributed by atoms with E-state index in [0.717, 1.165) is 22.3 Å². The van der Waals surface area contributed by atoms with Crippen LogP contribution in [0.15, 0.2) is 54.6 Å². The van der Waals surface area contributed by atoms with Crippen molar-refractivity contribution in [3.63, 3.8) is 0 Å². The van der Waals surface area contributed by atoms with Gasteiger partial charge in [0.1, 0.15) is 11.6 Å². The molecule has 2 nitrogen and oxygen atoms in total. The van der Waals surface area contributed by atoms with Gasteiger partial charge in [-0.15, -0.1) is 0 Å². The van der Waals surface area contributed by atoms with E-state index >= 15 is 0 Å². The van der Waals surface area contributed by atoms with Crippen LogP contribution in [0.5, 0.6) is 5.75 Å². The Morgan fingerprint density at radius 1 is 0.966 bits per heavy atom. The number of hydrogen-bond donors (Lipinski definition) is 0. The molecule has 0 fully saturated rings. The Bertz CT molecular complexity index is 1080. The number of carbonyl (C=O) groups excluding carboxylic acids is 1. The summed E-state index contributed by atoms with van der Waals surface area (Å²) < 4.78 is 19.4. The van der Waals surface area contributed by atoms with Crippen molar-refractivity contribution in [2.75, 3.05) is 6.61 Å². The molecule has 1 aliphatic rings. The maximum atomic E-state index is 13.4. The molecule has 0 spiro atoms. The second-order valence-electron chi connectivity index (χ2n) is 6.99. The first-order valence-corrected chi connectivity index (χ1v) is 10.9. The van der Waals surface area contributed by atoms with Crippen LogP contribution in [0.2, 0.25) is 10.0 Å². The zero-order chi connectivity index (χ0) is 20.5. The van der Waals surface area contributed by atoms with E-state index in [2.05, 4.69) is 15.9 Å². The first-order valence-electron chi connectivity index (χ1n) is 9.06. The number of hydrogen-bond acceptors (Lipinski definition) is 2. The van der Waals surface area contributed by atoms with Gasteiger partial charge in [-0.3, -0.25) is 4.79 Å². The van der Waals surface area contributed by atoms with Crippen LogP contribution in [0.1, 0.15) is 21.5 Å². The lowest BCUT2D eigenvalue weighted by Crippen LogP contribution is -2.30. The van der Waals surface area contributed by atoms with Gasteiger partial charge in [0.05, 0.1) is 28.1 Å². The number of ether oxygens (including phenoxy) is 1. The number of halogens is 4. The molecule has 148 valence electrons. The summed E-state index contributed by atoms with van der Waals surface area (Å²) in [6.45, 7) is 0.272. The van der Waals surface area contributed by atoms with Crippen molar-refractivity contribution in [3.05, 3.63) is 87.2 Å². The normalized spacial score (nSPS) is 15.7. The monoisotopic (exact) mass is 492 g/mol. The van der Waals surface area contributed by atoms with Gasteiger partial charge < -0.3 is 4.74 Å². The van der Waals surface area contributed by atoms with Crippen LogP contribution < -0.4 is 4.74 Å². The largest absolute Gasteiger partial charge is 0.491 e. The van der Waals surface area contributed by atoms with Crippen molar-refractivity contribution < 1.29 is 13.9 Å². The van der Waals surface area contributed by atoms with E-state index in [1.54, 1.807) is 24.3 Å². The molecule has 0 bridgehead atoms. The molecule has 0 N–H and O–H groups in total. The lowest BCUT2D eigenvalue weighted by molar-refractivity contribution is 0.0831. The fourth-order valence-corrected chi connectivity index (χ4v) is 4.17. The molecule has 0 radical (unpaired) electrons. The first-order chi connectivity index (χ1) is 14.0. The summed E-state index contributed by atoms with van der Waals surface area (Å²) in [6, 6.07) is 15.4. The number of benzene rings is 3. The van der Waals surface area contributed by atoms with Crippen molar-refractivity contribution in [2.45, 2.75) is 11.8 Å². The molecule has 1 aliphatic heterocycles. The third-order valence-corrected chi connectivity index (χ3v) is 6.38. The van der Waals surface area contributed by atoms with Crippen molar-refractivity contribution >= 4 is 44.9 Å². The summed E-state index contributed by atoms with van der Waals surface area (Å²) >= 11 is 15.6. The fourth-order valence-electron chi connectivity index (χ4n) is 3.53. The Kier molecular flexibility index (Phi) is 5.95. The highest BCUT2D eigenvalue weighted by Gasteiger charge is 2.31. The number of fused-ring (bicyclic) bond motifs is 1. The molecular formula is C23H16BrCl2FO2. The number of rotatable bonds is 4. The van der Waals surface area contributed by atoms with Gasteiger partial charge in [0.25, 0.3) is 0 Å². The number of carbonyl (C=O) groups is 1. The predicted molar refractivity (Wildman–Crippen MR) is 118 cm³/mol. The van der Waals surface area contributed by atoms with E-state index in [0.29, 0.717) is 33.1 Å². The molecule has 0 saturated heterocycles. The highest BCUT2D eigenvalue weighted by atomic mass is 79.9. The van der Waals surface area contributed by atoms with Gasteiger partial charge in [0.15, 0.2) is 5.78 Å². The molecule has 0 aromatic heterocycles. The van der Waals surface area contributed by atoms with E-state index in [1.165, 1.54) is 12.1 Å². The molecule has 3 aromatic carbocycles. The standard InChI is InChI=1S/C23H16BrCl2FO2/c24-11-14-8-18(15-2-4-17(27)5-3-15)23-19(9-14)22(28)16(12-29-23)7-13-1-6-20(25)21(26)10-13/h1-6,8-10,16H,7,11-12H2. The Morgan fingerprint density at radius 2 is 1.69 bits per heavy atom.